The van der Waals surface area contributed by atoms with Crippen molar-refractivity contribution in [3.8, 4) is 0 Å². The number of hydrogen-bond acceptors (Lipinski definition) is 4. The molecule has 0 saturated carbocycles. The van der Waals surface area contributed by atoms with Crippen LogP contribution in [0.2, 0.25) is 0 Å². The average Bonchev–Trinajstić information content (AvgIpc) is 3.04. The molecule has 124 valence electrons. The van der Waals surface area contributed by atoms with Crippen molar-refractivity contribution in [1.29, 1.82) is 0 Å². The van der Waals surface area contributed by atoms with E-state index in [0.717, 1.165) is 42.9 Å². The zero-order chi connectivity index (χ0) is 16.7. The molecule has 5 nitrogen and oxygen atoms in total. The van der Waals surface area contributed by atoms with E-state index >= 15 is 0 Å². The highest BCUT2D eigenvalue weighted by Gasteiger charge is 2.17. The molecule has 23 heavy (non-hydrogen) atoms. The molecule has 0 unspecified atom stereocenters. The first kappa shape index (κ1) is 17.2. The molecular weight excluding hydrogens is 290 g/mol. The Labute approximate surface area is 137 Å². The lowest BCUT2D eigenvalue weighted by atomic mass is 9.99. The Kier molecular flexibility index (Phi) is 6.35. The zero-order valence-electron chi connectivity index (χ0n) is 14.1. The molecule has 0 aliphatic heterocycles. The van der Waals surface area contributed by atoms with Gasteiger partial charge in [0.2, 0.25) is 5.76 Å². The van der Waals surface area contributed by atoms with Crippen molar-refractivity contribution in [2.45, 2.75) is 46.1 Å². The maximum absolute atomic E-state index is 12.3. The van der Waals surface area contributed by atoms with Crippen LogP contribution in [0, 0.1) is 0 Å². The average molecular weight is 315 g/mol. The van der Waals surface area contributed by atoms with E-state index in [-0.39, 0.29) is 11.7 Å². The summed E-state index contributed by atoms with van der Waals surface area (Å²) in [5, 5.41) is 10.2. The fraction of sp³-hybridized carbons (Fsp3) is 0.444. The number of rotatable bonds is 8. The van der Waals surface area contributed by atoms with Crippen molar-refractivity contribution in [1.82, 2.24) is 10.5 Å². The summed E-state index contributed by atoms with van der Waals surface area (Å²) in [4.78, 5) is 12.3. The van der Waals surface area contributed by atoms with Gasteiger partial charge in [-0.3, -0.25) is 4.79 Å². The molecule has 1 heterocycles. The van der Waals surface area contributed by atoms with Gasteiger partial charge < -0.3 is 15.2 Å². The fourth-order valence-electron chi connectivity index (χ4n) is 2.52. The van der Waals surface area contributed by atoms with Gasteiger partial charge in [0.05, 0.1) is 5.69 Å². The molecule has 0 atom stereocenters. The summed E-state index contributed by atoms with van der Waals surface area (Å²) in [6.45, 7) is 7.97. The highest BCUT2D eigenvalue weighted by atomic mass is 16.5. The van der Waals surface area contributed by atoms with Gasteiger partial charge in [-0.25, -0.2) is 0 Å². The fourth-order valence-corrected chi connectivity index (χ4v) is 2.52. The van der Waals surface area contributed by atoms with Gasteiger partial charge in [-0.15, -0.1) is 0 Å². The van der Waals surface area contributed by atoms with Gasteiger partial charge in [-0.05, 0) is 37.1 Å². The van der Waals surface area contributed by atoms with Gasteiger partial charge in [0.15, 0.2) is 0 Å². The van der Waals surface area contributed by atoms with Crippen LogP contribution in [-0.2, 0) is 6.54 Å². The number of hydrogen-bond donors (Lipinski definition) is 2. The van der Waals surface area contributed by atoms with Gasteiger partial charge in [0.25, 0.3) is 5.91 Å². The van der Waals surface area contributed by atoms with Crippen LogP contribution in [-0.4, -0.2) is 17.6 Å². The normalized spacial score (nSPS) is 11.0. The monoisotopic (exact) mass is 315 g/mol. The van der Waals surface area contributed by atoms with Crippen molar-refractivity contribution < 1.29 is 9.32 Å². The Morgan fingerprint density at radius 3 is 2.70 bits per heavy atom. The second-order valence-corrected chi connectivity index (χ2v) is 5.56. The second kappa shape index (κ2) is 8.48. The second-order valence-electron chi connectivity index (χ2n) is 5.56. The summed E-state index contributed by atoms with van der Waals surface area (Å²) in [5.41, 5.74) is 2.73. The summed E-state index contributed by atoms with van der Waals surface area (Å²) >= 11 is 0. The number of nitrogens with zero attached hydrogens (tertiary/aromatic N) is 1. The summed E-state index contributed by atoms with van der Waals surface area (Å²) in [6, 6.07) is 9.52. The van der Waals surface area contributed by atoms with E-state index in [4.69, 9.17) is 4.52 Å². The van der Waals surface area contributed by atoms with E-state index in [1.54, 1.807) is 6.07 Å². The minimum Gasteiger partial charge on any atom is -0.351 e. The molecule has 0 saturated heterocycles. The maximum Gasteiger partial charge on any atom is 0.294 e. The first-order valence-electron chi connectivity index (χ1n) is 8.25. The van der Waals surface area contributed by atoms with Crippen molar-refractivity contribution in [2.24, 2.45) is 0 Å². The molecule has 2 N–H and O–H groups in total. The van der Waals surface area contributed by atoms with Crippen LogP contribution in [0.5, 0.6) is 0 Å². The molecule has 0 aliphatic carbocycles. The van der Waals surface area contributed by atoms with Gasteiger partial charge in [-0.1, -0.05) is 38.1 Å². The molecule has 1 amide bonds. The Morgan fingerprint density at radius 2 is 2.00 bits per heavy atom. The highest BCUT2D eigenvalue weighted by molar-refractivity contribution is 6.02. The summed E-state index contributed by atoms with van der Waals surface area (Å²) in [5.74, 6) is 0.322. The smallest absolute Gasteiger partial charge is 0.294 e. The number of carbonyl (C=O) groups is 1. The van der Waals surface area contributed by atoms with Crippen molar-refractivity contribution in [2.75, 3.05) is 11.9 Å². The van der Waals surface area contributed by atoms with Crippen LogP contribution in [0.25, 0.3) is 0 Å². The van der Waals surface area contributed by atoms with E-state index in [2.05, 4.69) is 36.6 Å². The SMILES string of the molecule is CCNCc1cccc(NC(=O)c2cc(C(CC)CC)no2)c1. The molecule has 0 bridgehead atoms. The number of aromatic nitrogens is 1. The zero-order valence-corrected chi connectivity index (χ0v) is 14.1. The third kappa shape index (κ3) is 4.66. The molecule has 0 radical (unpaired) electrons. The molecule has 0 aliphatic rings. The van der Waals surface area contributed by atoms with Gasteiger partial charge >= 0.3 is 0 Å². The van der Waals surface area contributed by atoms with Crippen LogP contribution in [0.1, 0.15) is 61.3 Å². The Morgan fingerprint density at radius 1 is 1.22 bits per heavy atom. The number of anilines is 1. The molecule has 0 fully saturated rings. The first-order valence-corrected chi connectivity index (χ1v) is 8.25. The third-order valence-electron chi connectivity index (χ3n) is 3.92. The van der Waals surface area contributed by atoms with Crippen molar-refractivity contribution >= 4 is 11.6 Å². The lowest BCUT2D eigenvalue weighted by molar-refractivity contribution is 0.0988. The van der Waals surface area contributed by atoms with Crippen LogP contribution in [0.4, 0.5) is 5.69 Å². The molecule has 0 spiro atoms. The van der Waals surface area contributed by atoms with E-state index in [9.17, 15) is 4.79 Å². The number of amides is 1. The lowest BCUT2D eigenvalue weighted by Crippen LogP contribution is -2.13. The predicted molar refractivity (Wildman–Crippen MR) is 91.6 cm³/mol. The quantitative estimate of drug-likeness (QED) is 0.774. The van der Waals surface area contributed by atoms with E-state index < -0.39 is 0 Å². The van der Waals surface area contributed by atoms with Crippen LogP contribution < -0.4 is 10.6 Å². The van der Waals surface area contributed by atoms with E-state index in [0.29, 0.717) is 5.92 Å². The topological polar surface area (TPSA) is 67.2 Å². The van der Waals surface area contributed by atoms with Crippen molar-refractivity contribution in [3.05, 3.63) is 47.3 Å². The highest BCUT2D eigenvalue weighted by Crippen LogP contribution is 2.23. The maximum atomic E-state index is 12.3. The molecule has 5 heteroatoms. The third-order valence-corrected chi connectivity index (χ3v) is 3.92. The summed E-state index contributed by atoms with van der Waals surface area (Å²) in [7, 11) is 0. The van der Waals surface area contributed by atoms with Gasteiger partial charge in [0, 0.05) is 24.2 Å². The van der Waals surface area contributed by atoms with Crippen LogP contribution in [0.15, 0.2) is 34.9 Å². The Hall–Kier alpha value is -2.14. The molecule has 2 aromatic rings. The Balaban J connectivity index is 2.04. The molecule has 1 aromatic heterocycles. The van der Waals surface area contributed by atoms with Crippen LogP contribution >= 0.6 is 0 Å². The first-order chi connectivity index (χ1) is 11.2. The van der Waals surface area contributed by atoms with Gasteiger partial charge in [0.1, 0.15) is 0 Å². The molecular formula is C18H25N3O2. The Bertz CT molecular complexity index is 633. The largest absolute Gasteiger partial charge is 0.351 e. The number of benzene rings is 1. The standard InChI is InChI=1S/C18H25N3O2/c1-4-14(5-2)16-11-17(23-21-16)18(22)20-15-9-7-8-13(10-15)12-19-6-3/h7-11,14,19H,4-6,12H2,1-3H3,(H,20,22). The number of nitrogens with one attached hydrogen (secondary N) is 2. The van der Waals surface area contributed by atoms with Crippen LogP contribution in [0.3, 0.4) is 0 Å². The molecule has 2 rings (SSSR count). The summed E-state index contributed by atoms with van der Waals surface area (Å²) < 4.78 is 5.20. The predicted octanol–water partition coefficient (Wildman–Crippen LogP) is 3.94. The van der Waals surface area contributed by atoms with E-state index in [1.165, 1.54) is 0 Å². The minimum atomic E-state index is -0.268. The minimum absolute atomic E-state index is 0.254. The van der Waals surface area contributed by atoms with Crippen molar-refractivity contribution in [3.63, 3.8) is 0 Å². The molecule has 1 aromatic carbocycles. The van der Waals surface area contributed by atoms with E-state index in [1.807, 2.05) is 24.3 Å². The lowest BCUT2D eigenvalue weighted by Gasteiger charge is -2.07. The number of carbonyl (C=O) groups excluding carboxylic acids is 1. The summed E-state index contributed by atoms with van der Waals surface area (Å²) in [6.07, 6.45) is 1.97. The van der Waals surface area contributed by atoms with Gasteiger partial charge in [-0.2, -0.15) is 0 Å².